The Morgan fingerprint density at radius 1 is 1.06 bits per heavy atom. The van der Waals surface area contributed by atoms with Crippen molar-refractivity contribution >= 4 is 64.1 Å². The minimum Gasteiger partial charge on any atom is -0.488 e. The number of aliphatic hydroxyl groups excluding tert-OH is 1. The molecule has 4 fully saturated rings. The number of ether oxygens (including phenoxy) is 3. The lowest BCUT2D eigenvalue weighted by Crippen LogP contribution is -2.57. The number of halogens is 3. The number of anilines is 1. The second-order valence-corrected chi connectivity index (χ2v) is 22.3. The van der Waals surface area contributed by atoms with Crippen molar-refractivity contribution in [1.29, 1.82) is 0 Å². The third-order valence-corrected chi connectivity index (χ3v) is 17.5. The highest BCUT2D eigenvalue weighted by molar-refractivity contribution is 7.59. The van der Waals surface area contributed by atoms with E-state index < -0.39 is 84.4 Å². The van der Waals surface area contributed by atoms with Gasteiger partial charge in [-0.3, -0.25) is 14.2 Å². The molecule has 7 atom stereocenters. The Morgan fingerprint density at radius 2 is 1.79 bits per heavy atom. The molecule has 4 aliphatic rings. The number of alkyl carbamates (subject to hydrolysis) is 1. The maximum atomic E-state index is 15.0. The fraction of sp³-hybridized carbons (Fsp3) is 0.562. The van der Waals surface area contributed by atoms with E-state index in [2.05, 4.69) is 10.6 Å². The second kappa shape index (κ2) is 21.2. The molecule has 0 radical (unpaired) electrons. The van der Waals surface area contributed by atoms with Gasteiger partial charge in [0.1, 0.15) is 41.3 Å². The lowest BCUT2D eigenvalue weighted by Gasteiger charge is -2.32. The molecule has 4 heterocycles. The van der Waals surface area contributed by atoms with Crippen LogP contribution in [0.1, 0.15) is 110 Å². The molecule has 2 unspecified atom stereocenters. The van der Waals surface area contributed by atoms with E-state index in [-0.39, 0.29) is 63.1 Å². The number of ketones is 1. The number of fused-ring (bicyclic) bond motifs is 3. The Labute approximate surface area is 399 Å². The van der Waals surface area contributed by atoms with Gasteiger partial charge in [-0.25, -0.2) is 23.5 Å². The monoisotopic (exact) mass is 987 g/mol. The van der Waals surface area contributed by atoms with Crippen LogP contribution in [0.4, 0.5) is 18.7 Å². The topological polar surface area (TPSA) is 190 Å². The van der Waals surface area contributed by atoms with E-state index in [9.17, 15) is 19.4 Å². The number of aliphatic hydroxyl groups is 1. The zero-order valence-corrected chi connectivity index (χ0v) is 39.7. The van der Waals surface area contributed by atoms with Crippen LogP contribution in [-0.4, -0.2) is 97.4 Å². The van der Waals surface area contributed by atoms with E-state index in [1.165, 1.54) is 22.3 Å². The predicted octanol–water partition coefficient (Wildman–Crippen LogP) is 9.79. The first-order chi connectivity index (χ1) is 31.6. The molecule has 2 aromatic heterocycles. The average molecular weight is 989 g/mol. The van der Waals surface area contributed by atoms with Gasteiger partial charge in [0, 0.05) is 47.9 Å². The Hall–Kier alpha value is -4.25. The molecule has 364 valence electrons. The van der Waals surface area contributed by atoms with Gasteiger partial charge in [0.05, 0.1) is 52.8 Å². The van der Waals surface area contributed by atoms with Crippen LogP contribution >= 0.6 is 30.3 Å². The quantitative estimate of drug-likeness (QED) is 0.104. The summed E-state index contributed by atoms with van der Waals surface area (Å²) >= 11 is 8.24. The summed E-state index contributed by atoms with van der Waals surface area (Å²) in [6.45, 7) is 5.45. The van der Waals surface area contributed by atoms with Crippen LogP contribution in [0.5, 0.6) is 5.75 Å². The zero-order valence-electron chi connectivity index (χ0n) is 37.3. The summed E-state index contributed by atoms with van der Waals surface area (Å²) in [7, 11) is -4.49. The van der Waals surface area contributed by atoms with Gasteiger partial charge >= 0.3 is 6.09 Å². The van der Waals surface area contributed by atoms with Crippen LogP contribution in [0.15, 0.2) is 41.8 Å². The van der Waals surface area contributed by atoms with E-state index in [4.69, 9.17) is 35.8 Å². The molecule has 2 aliphatic carbocycles. The standard InChI is InChI=1S/C47H57ClF2N5O9PS.CH4/c1-26(2)51-45-53-37(25-66-45)36-19-40(32-16-15-28(23-56)41(48)43(32)52-36)63-31-18-38-39(57)21-47(65(60,61)24-33-34(49)13-9-14-35(33)50)20-29(47)10-5-4-8-17-62-27(3)42(44(58)55(38)22-31)54-46(59)64-30-11-6-7-12-30;/h9,13-16,19,25-27,29-31,38,42,56H,4-8,10-12,17-18,20-24H2,1-3H3,(H,51,53)(H,54,59)(H,60,61);1H4/t27?,29-,31-,38+,42+,47-;/m1./s1. The third-order valence-electron chi connectivity index (χ3n) is 13.5. The predicted molar refractivity (Wildman–Crippen MR) is 254 cm³/mol. The number of Topliss-reactive ketones (excluding diaryl/α,β-unsaturated/α-hetero) is 1. The molecule has 4 aromatic rings. The summed E-state index contributed by atoms with van der Waals surface area (Å²) in [6, 6.07) is 5.99. The van der Waals surface area contributed by atoms with Crippen LogP contribution in [0.25, 0.3) is 22.3 Å². The molecule has 0 spiro atoms. The summed E-state index contributed by atoms with van der Waals surface area (Å²) in [6.07, 6.45) is 1.86. The van der Waals surface area contributed by atoms with E-state index in [1.807, 2.05) is 19.2 Å². The third kappa shape index (κ3) is 11.0. The van der Waals surface area contributed by atoms with Crippen molar-refractivity contribution < 1.29 is 51.9 Å². The van der Waals surface area contributed by atoms with Crippen molar-refractivity contribution in [3.05, 3.63) is 69.6 Å². The van der Waals surface area contributed by atoms with Crippen LogP contribution in [0, 0.1) is 17.6 Å². The summed E-state index contributed by atoms with van der Waals surface area (Å²) in [5.41, 5.74) is 1.22. The molecule has 2 amide bonds. The number of hydrogen-bond acceptors (Lipinski definition) is 12. The van der Waals surface area contributed by atoms with Gasteiger partial charge in [-0.15, -0.1) is 11.3 Å². The number of hydrogen-bond donors (Lipinski definition) is 4. The lowest BCUT2D eigenvalue weighted by molar-refractivity contribution is -0.142. The smallest absolute Gasteiger partial charge is 0.408 e. The van der Waals surface area contributed by atoms with E-state index in [1.54, 1.807) is 25.1 Å². The van der Waals surface area contributed by atoms with Crippen LogP contribution in [-0.2, 0) is 36.4 Å². The minimum atomic E-state index is -4.49. The van der Waals surface area contributed by atoms with Crippen LogP contribution in [0.3, 0.4) is 0 Å². The first-order valence-corrected chi connectivity index (χ1v) is 26.0. The molecule has 2 saturated carbocycles. The first kappa shape index (κ1) is 50.6. The van der Waals surface area contributed by atoms with Crippen molar-refractivity contribution in [2.75, 3.05) is 18.5 Å². The number of carbonyl (C=O) groups excluding carboxylic acids is 3. The number of rotatable bonds is 11. The van der Waals surface area contributed by atoms with Gasteiger partial charge in [0.2, 0.25) is 13.3 Å². The number of benzene rings is 2. The Balaban J connectivity index is 0.00000666. The summed E-state index contributed by atoms with van der Waals surface area (Å²) < 4.78 is 63.3. The maximum absolute atomic E-state index is 15.0. The van der Waals surface area contributed by atoms with Crippen molar-refractivity contribution in [2.24, 2.45) is 5.92 Å². The van der Waals surface area contributed by atoms with Gasteiger partial charge < -0.3 is 39.7 Å². The molecule has 0 bridgehead atoms. The van der Waals surface area contributed by atoms with E-state index >= 15 is 18.4 Å². The molecule has 14 nitrogen and oxygen atoms in total. The number of carbonyl (C=O) groups is 3. The van der Waals surface area contributed by atoms with E-state index in [0.29, 0.717) is 77.3 Å². The van der Waals surface area contributed by atoms with Crippen LogP contribution in [0.2, 0.25) is 5.02 Å². The van der Waals surface area contributed by atoms with Crippen LogP contribution < -0.4 is 15.4 Å². The average Bonchev–Trinajstić information content (AvgIpc) is 3.69. The minimum absolute atomic E-state index is 0. The van der Waals surface area contributed by atoms with Gasteiger partial charge in [-0.05, 0) is 95.4 Å². The van der Waals surface area contributed by atoms with Crippen molar-refractivity contribution in [2.45, 2.75) is 153 Å². The number of nitrogens with one attached hydrogen (secondary N) is 2. The first-order valence-electron chi connectivity index (χ1n) is 22.9. The van der Waals surface area contributed by atoms with Gasteiger partial charge in [0.25, 0.3) is 0 Å². The van der Waals surface area contributed by atoms with Crippen molar-refractivity contribution in [3.63, 3.8) is 0 Å². The highest BCUT2D eigenvalue weighted by Gasteiger charge is 2.66. The molecule has 8 rings (SSSR count). The Kier molecular flexibility index (Phi) is 16.0. The normalized spacial score (nSPS) is 25.9. The number of pyridine rings is 1. The fourth-order valence-electron chi connectivity index (χ4n) is 9.83. The Bertz CT molecular complexity index is 2490. The molecule has 2 aliphatic heterocycles. The molecule has 4 N–H and O–H groups in total. The second-order valence-electron chi connectivity index (χ2n) is 18.5. The van der Waals surface area contributed by atoms with Gasteiger partial charge in [-0.1, -0.05) is 44.0 Å². The number of amides is 2. The number of nitrogens with zero attached hydrogens (tertiary/aromatic N) is 3. The largest absolute Gasteiger partial charge is 0.488 e. The van der Waals surface area contributed by atoms with Crippen molar-refractivity contribution in [3.8, 4) is 17.1 Å². The lowest BCUT2D eigenvalue weighted by atomic mass is 10.0. The Morgan fingerprint density at radius 3 is 2.51 bits per heavy atom. The van der Waals surface area contributed by atoms with E-state index in [0.717, 1.165) is 25.0 Å². The SMILES string of the molecule is C.CC(C)Nc1nc(-c2cc(O[C@@H]3C[C@H]4C(=O)C[C@]5(P(=O)(O)Cc6c(F)cccc6F)C[C@H]5CCCCCOC(C)[C@H](NC(=O)OC5CCCC5)C(=O)N4C3)c3ccc(CO)c(Cl)c3n2)cs1. The summed E-state index contributed by atoms with van der Waals surface area (Å²) in [5.74, 6) is -3.11. The van der Waals surface area contributed by atoms with Crippen molar-refractivity contribution in [1.82, 2.24) is 20.2 Å². The molecule has 2 aromatic carbocycles. The maximum Gasteiger partial charge on any atom is 0.408 e. The zero-order chi connectivity index (χ0) is 46.9. The number of aromatic nitrogens is 2. The highest BCUT2D eigenvalue weighted by atomic mass is 35.5. The molecular formula is C48H61ClF2N5O9PS. The fourth-order valence-corrected chi connectivity index (χ4v) is 13.6. The molecule has 67 heavy (non-hydrogen) atoms. The van der Waals surface area contributed by atoms with Gasteiger partial charge in [0.15, 0.2) is 10.9 Å². The number of thiazole rings is 1. The van der Waals surface area contributed by atoms with Gasteiger partial charge in [-0.2, -0.15) is 0 Å². The summed E-state index contributed by atoms with van der Waals surface area (Å²) in [5, 5.41) is 17.9. The molecule has 2 saturated heterocycles. The highest BCUT2D eigenvalue weighted by Crippen LogP contribution is 2.75. The summed E-state index contributed by atoms with van der Waals surface area (Å²) in [4.78, 5) is 66.3. The molecule has 19 heteroatoms. The molecular weight excluding hydrogens is 927 g/mol.